The van der Waals surface area contributed by atoms with Crippen LogP contribution in [0.15, 0.2) is 48.5 Å². The van der Waals surface area contributed by atoms with Gasteiger partial charge in [-0.15, -0.1) is 0 Å². The van der Waals surface area contributed by atoms with Gasteiger partial charge in [-0.1, -0.05) is 48.0 Å². The molecule has 2 aromatic rings. The highest BCUT2D eigenvalue weighted by Crippen LogP contribution is 2.27. The highest BCUT2D eigenvalue weighted by atomic mass is 16.2. The molecule has 2 aromatic carbocycles. The second-order valence-electron chi connectivity index (χ2n) is 6.14. The first-order chi connectivity index (χ1) is 11.6. The summed E-state index contributed by atoms with van der Waals surface area (Å²) < 4.78 is 0. The standard InChI is InChI=1S/C20H21N2O2/c1-14-7-6-8-15(13-14)16-9-2-3-10-17(16)20(24)22-12-5-4-11-18(22)19(21)23/h2-3,6-11,13,18H,4-5,12H2,1H3,(H2,21,23). The van der Waals surface area contributed by atoms with Crippen molar-refractivity contribution in [3.63, 3.8) is 0 Å². The molecule has 1 heterocycles. The number of aryl methyl sites for hydroxylation is 1. The van der Waals surface area contributed by atoms with Gasteiger partial charge in [0.05, 0.1) is 0 Å². The van der Waals surface area contributed by atoms with Gasteiger partial charge in [-0.25, -0.2) is 0 Å². The first-order valence-corrected chi connectivity index (χ1v) is 8.17. The number of nitrogens with two attached hydrogens (primary N) is 1. The van der Waals surface area contributed by atoms with Crippen molar-refractivity contribution in [3.8, 4) is 11.1 Å². The zero-order valence-electron chi connectivity index (χ0n) is 13.7. The minimum Gasteiger partial charge on any atom is -0.368 e. The number of piperidine rings is 1. The summed E-state index contributed by atoms with van der Waals surface area (Å²) in [6.45, 7) is 2.57. The Hall–Kier alpha value is -2.62. The summed E-state index contributed by atoms with van der Waals surface area (Å²) >= 11 is 0. The van der Waals surface area contributed by atoms with E-state index in [1.807, 2.05) is 55.8 Å². The lowest BCUT2D eigenvalue weighted by atomic mass is 9.95. The van der Waals surface area contributed by atoms with Crippen LogP contribution in [-0.4, -0.2) is 29.3 Å². The molecule has 2 amide bonds. The van der Waals surface area contributed by atoms with Gasteiger partial charge in [-0.3, -0.25) is 9.59 Å². The lowest BCUT2D eigenvalue weighted by Crippen LogP contribution is -2.50. The largest absolute Gasteiger partial charge is 0.368 e. The van der Waals surface area contributed by atoms with Crippen molar-refractivity contribution in [2.75, 3.05) is 6.54 Å². The predicted molar refractivity (Wildman–Crippen MR) is 94.2 cm³/mol. The molecule has 4 heteroatoms. The van der Waals surface area contributed by atoms with Gasteiger partial charge in [0, 0.05) is 12.1 Å². The first-order valence-electron chi connectivity index (χ1n) is 8.17. The molecule has 4 nitrogen and oxygen atoms in total. The topological polar surface area (TPSA) is 63.4 Å². The molecule has 0 bridgehead atoms. The van der Waals surface area contributed by atoms with Crippen molar-refractivity contribution >= 4 is 11.8 Å². The van der Waals surface area contributed by atoms with Crippen LogP contribution in [0.1, 0.15) is 28.8 Å². The van der Waals surface area contributed by atoms with Gasteiger partial charge in [0.25, 0.3) is 5.91 Å². The highest BCUT2D eigenvalue weighted by molar-refractivity contribution is 6.03. The Kier molecular flexibility index (Phi) is 4.65. The second kappa shape index (κ2) is 6.87. The third-order valence-corrected chi connectivity index (χ3v) is 4.37. The monoisotopic (exact) mass is 321 g/mol. The lowest BCUT2D eigenvalue weighted by Gasteiger charge is -2.34. The van der Waals surface area contributed by atoms with Crippen LogP contribution in [0.2, 0.25) is 0 Å². The number of benzene rings is 2. The Bertz CT molecular complexity index is 770. The number of nitrogens with zero attached hydrogens (tertiary/aromatic N) is 1. The Morgan fingerprint density at radius 2 is 1.92 bits per heavy atom. The van der Waals surface area contributed by atoms with Gasteiger partial charge in [-0.2, -0.15) is 0 Å². The molecule has 1 aliphatic rings. The second-order valence-corrected chi connectivity index (χ2v) is 6.14. The number of amides is 2. The maximum atomic E-state index is 13.1. The molecule has 0 aliphatic carbocycles. The minimum absolute atomic E-state index is 0.146. The third-order valence-electron chi connectivity index (χ3n) is 4.37. The highest BCUT2D eigenvalue weighted by Gasteiger charge is 2.32. The van der Waals surface area contributed by atoms with Crippen molar-refractivity contribution < 1.29 is 9.59 Å². The molecule has 2 N–H and O–H groups in total. The van der Waals surface area contributed by atoms with E-state index < -0.39 is 11.9 Å². The van der Waals surface area contributed by atoms with E-state index in [2.05, 4.69) is 6.07 Å². The number of rotatable bonds is 3. The summed E-state index contributed by atoms with van der Waals surface area (Å²) in [5, 5.41) is 0. The average molecular weight is 321 g/mol. The third kappa shape index (κ3) is 3.18. The van der Waals surface area contributed by atoms with Crippen molar-refractivity contribution in [1.82, 2.24) is 4.90 Å². The van der Waals surface area contributed by atoms with E-state index >= 15 is 0 Å². The van der Waals surface area contributed by atoms with Crippen molar-refractivity contribution in [2.24, 2.45) is 5.73 Å². The molecule has 24 heavy (non-hydrogen) atoms. The number of hydrogen-bond acceptors (Lipinski definition) is 2. The summed E-state index contributed by atoms with van der Waals surface area (Å²) in [5.74, 6) is -0.622. The molecule has 1 aliphatic heterocycles. The number of primary amides is 1. The molecule has 0 spiro atoms. The molecule has 123 valence electrons. The SMILES string of the molecule is Cc1cccc(-c2ccccc2C(=O)N2CCC[CH]C2C(N)=O)c1. The van der Waals surface area contributed by atoms with E-state index in [0.717, 1.165) is 29.5 Å². The molecular formula is C20H21N2O2. The van der Waals surface area contributed by atoms with Gasteiger partial charge < -0.3 is 10.6 Å². The number of carbonyl (C=O) groups is 2. The summed E-state index contributed by atoms with van der Waals surface area (Å²) in [7, 11) is 0. The van der Waals surface area contributed by atoms with E-state index in [4.69, 9.17) is 5.73 Å². The maximum absolute atomic E-state index is 13.1. The molecule has 3 rings (SSSR count). The van der Waals surface area contributed by atoms with Crippen LogP contribution in [0.4, 0.5) is 0 Å². The van der Waals surface area contributed by atoms with E-state index in [9.17, 15) is 9.59 Å². The quantitative estimate of drug-likeness (QED) is 0.944. The van der Waals surface area contributed by atoms with Gasteiger partial charge >= 0.3 is 0 Å². The van der Waals surface area contributed by atoms with Gasteiger partial charge in [0.15, 0.2) is 0 Å². The Labute approximate surface area is 142 Å². The molecule has 1 radical (unpaired) electrons. The van der Waals surface area contributed by atoms with Gasteiger partial charge in [0.2, 0.25) is 5.91 Å². The van der Waals surface area contributed by atoms with Crippen LogP contribution in [0, 0.1) is 13.3 Å². The van der Waals surface area contributed by atoms with Crippen molar-refractivity contribution in [1.29, 1.82) is 0 Å². The molecule has 1 saturated heterocycles. The Morgan fingerprint density at radius 1 is 1.12 bits per heavy atom. The smallest absolute Gasteiger partial charge is 0.255 e. The maximum Gasteiger partial charge on any atom is 0.255 e. The molecule has 0 saturated carbocycles. The van der Waals surface area contributed by atoms with E-state index in [1.165, 1.54) is 0 Å². The van der Waals surface area contributed by atoms with Gasteiger partial charge in [0.1, 0.15) is 6.04 Å². The van der Waals surface area contributed by atoms with E-state index in [0.29, 0.717) is 12.1 Å². The molecular weight excluding hydrogens is 300 g/mol. The van der Waals surface area contributed by atoms with Gasteiger partial charge in [-0.05, 0) is 43.4 Å². The number of carbonyl (C=O) groups excluding carboxylic acids is 2. The number of hydrogen-bond donors (Lipinski definition) is 1. The fraction of sp³-hybridized carbons (Fsp3) is 0.250. The Morgan fingerprint density at radius 3 is 2.67 bits per heavy atom. The summed E-state index contributed by atoms with van der Waals surface area (Å²) in [6.07, 6.45) is 3.48. The fourth-order valence-corrected chi connectivity index (χ4v) is 3.19. The number of likely N-dealkylation sites (tertiary alicyclic amines) is 1. The summed E-state index contributed by atoms with van der Waals surface area (Å²) in [4.78, 5) is 26.4. The predicted octanol–water partition coefficient (Wildman–Crippen LogP) is 2.96. The fourth-order valence-electron chi connectivity index (χ4n) is 3.19. The van der Waals surface area contributed by atoms with E-state index in [-0.39, 0.29) is 5.91 Å². The zero-order valence-corrected chi connectivity index (χ0v) is 13.7. The molecule has 1 atom stereocenters. The van der Waals surface area contributed by atoms with Crippen LogP contribution in [0.3, 0.4) is 0 Å². The normalized spacial score (nSPS) is 17.5. The molecule has 1 fully saturated rings. The zero-order chi connectivity index (χ0) is 17.1. The van der Waals surface area contributed by atoms with Crippen LogP contribution >= 0.6 is 0 Å². The average Bonchev–Trinajstić information content (AvgIpc) is 2.61. The summed E-state index contributed by atoms with van der Waals surface area (Å²) in [6, 6.07) is 14.9. The first kappa shape index (κ1) is 16.2. The minimum atomic E-state index is -0.628. The molecule has 1 unspecified atom stereocenters. The van der Waals surface area contributed by atoms with Crippen LogP contribution < -0.4 is 5.73 Å². The van der Waals surface area contributed by atoms with E-state index in [1.54, 1.807) is 4.90 Å². The van der Waals surface area contributed by atoms with Crippen LogP contribution in [0.5, 0.6) is 0 Å². The summed E-state index contributed by atoms with van der Waals surface area (Å²) in [5.41, 5.74) is 9.09. The van der Waals surface area contributed by atoms with Crippen LogP contribution in [0.25, 0.3) is 11.1 Å². The Balaban J connectivity index is 2.00. The molecule has 0 aromatic heterocycles. The van der Waals surface area contributed by atoms with Crippen molar-refractivity contribution in [2.45, 2.75) is 25.8 Å². The lowest BCUT2D eigenvalue weighted by molar-refractivity contribution is -0.121. The van der Waals surface area contributed by atoms with Crippen LogP contribution in [-0.2, 0) is 4.79 Å². The van der Waals surface area contributed by atoms with Crippen molar-refractivity contribution in [3.05, 3.63) is 66.1 Å².